The molecule has 1 aromatic heterocycles. The fraction of sp³-hybridized carbons (Fsp3) is 0.444. The van der Waals surface area contributed by atoms with E-state index in [9.17, 15) is 9.59 Å². The molecule has 0 fully saturated rings. The second-order valence-corrected chi connectivity index (χ2v) is 6.35. The molecule has 124 valence electrons. The van der Waals surface area contributed by atoms with Crippen molar-refractivity contribution in [2.45, 2.75) is 39.8 Å². The quantitative estimate of drug-likeness (QED) is 0.805. The number of carbonyl (C=O) groups excluding carboxylic acids is 2. The number of H-pyrrole nitrogens is 1. The van der Waals surface area contributed by atoms with Crippen LogP contribution in [0.15, 0.2) is 24.3 Å². The van der Waals surface area contributed by atoms with E-state index in [0.29, 0.717) is 5.56 Å². The van der Waals surface area contributed by atoms with Crippen LogP contribution >= 0.6 is 0 Å². The van der Waals surface area contributed by atoms with Crippen LogP contribution in [-0.4, -0.2) is 47.3 Å². The SMILES string of the molecule is Cc1[nH]c2ccccc2c1C(=O)[C@H](C)N(C)CC(=O)NC(C)C. The predicted octanol–water partition coefficient (Wildman–Crippen LogP) is 2.50. The van der Waals surface area contributed by atoms with Crippen molar-refractivity contribution in [3.8, 4) is 0 Å². The maximum absolute atomic E-state index is 12.9. The molecule has 23 heavy (non-hydrogen) atoms. The number of carbonyl (C=O) groups is 2. The monoisotopic (exact) mass is 315 g/mol. The number of Topliss-reactive ketones (excluding diaryl/α,β-unsaturated/α-hetero) is 1. The largest absolute Gasteiger partial charge is 0.358 e. The van der Waals surface area contributed by atoms with E-state index < -0.39 is 0 Å². The van der Waals surface area contributed by atoms with Gasteiger partial charge in [0.1, 0.15) is 0 Å². The first-order valence-corrected chi connectivity index (χ1v) is 7.92. The summed E-state index contributed by atoms with van der Waals surface area (Å²) in [6, 6.07) is 7.51. The molecule has 0 aliphatic rings. The highest BCUT2D eigenvalue weighted by molar-refractivity contribution is 6.11. The highest BCUT2D eigenvalue weighted by Gasteiger charge is 2.25. The Morgan fingerprint density at radius 3 is 2.52 bits per heavy atom. The third kappa shape index (κ3) is 3.79. The minimum atomic E-state index is -0.370. The molecule has 1 aromatic carbocycles. The van der Waals surface area contributed by atoms with Gasteiger partial charge in [0.25, 0.3) is 0 Å². The Hall–Kier alpha value is -2.14. The Balaban J connectivity index is 2.18. The van der Waals surface area contributed by atoms with Gasteiger partial charge in [-0.2, -0.15) is 0 Å². The summed E-state index contributed by atoms with van der Waals surface area (Å²) in [6.45, 7) is 7.79. The van der Waals surface area contributed by atoms with Crippen LogP contribution in [0, 0.1) is 6.92 Å². The standard InChI is InChI=1S/C18H25N3O2/c1-11(2)19-16(22)10-21(5)13(4)18(23)17-12(3)20-15-9-7-6-8-14(15)17/h6-9,11,13,20H,10H2,1-5H3,(H,19,22)/t13-/m0/s1. The molecule has 0 unspecified atom stereocenters. The summed E-state index contributed by atoms with van der Waals surface area (Å²) in [5.41, 5.74) is 2.54. The van der Waals surface area contributed by atoms with Crippen LogP contribution in [0.5, 0.6) is 0 Å². The van der Waals surface area contributed by atoms with Crippen molar-refractivity contribution in [1.82, 2.24) is 15.2 Å². The molecule has 0 spiro atoms. The number of ketones is 1. The lowest BCUT2D eigenvalue weighted by Gasteiger charge is -2.23. The summed E-state index contributed by atoms with van der Waals surface area (Å²) in [4.78, 5) is 29.8. The van der Waals surface area contributed by atoms with Crippen molar-refractivity contribution in [2.24, 2.45) is 0 Å². The molecule has 0 radical (unpaired) electrons. The molecule has 1 heterocycles. The molecule has 0 aliphatic heterocycles. The van der Waals surface area contributed by atoms with Gasteiger partial charge in [-0.3, -0.25) is 14.5 Å². The molecule has 0 saturated heterocycles. The highest BCUT2D eigenvalue weighted by Crippen LogP contribution is 2.24. The molecule has 0 saturated carbocycles. The Morgan fingerprint density at radius 1 is 1.22 bits per heavy atom. The lowest BCUT2D eigenvalue weighted by molar-refractivity contribution is -0.122. The normalized spacial score (nSPS) is 12.8. The average molecular weight is 315 g/mol. The van der Waals surface area contributed by atoms with E-state index >= 15 is 0 Å². The number of nitrogens with zero attached hydrogens (tertiary/aromatic N) is 1. The fourth-order valence-electron chi connectivity index (χ4n) is 2.73. The van der Waals surface area contributed by atoms with Gasteiger partial charge in [-0.1, -0.05) is 18.2 Å². The molecule has 2 rings (SSSR count). The third-order valence-corrected chi connectivity index (χ3v) is 4.02. The number of nitrogens with one attached hydrogen (secondary N) is 2. The zero-order valence-corrected chi connectivity index (χ0v) is 14.4. The molecule has 0 aliphatic carbocycles. The van der Waals surface area contributed by atoms with Crippen molar-refractivity contribution in [3.05, 3.63) is 35.5 Å². The number of aryl methyl sites for hydroxylation is 1. The number of fused-ring (bicyclic) bond motifs is 1. The summed E-state index contributed by atoms with van der Waals surface area (Å²) < 4.78 is 0. The van der Waals surface area contributed by atoms with Gasteiger partial charge in [-0.05, 0) is 40.8 Å². The third-order valence-electron chi connectivity index (χ3n) is 4.02. The Morgan fingerprint density at radius 2 is 1.87 bits per heavy atom. The Bertz CT molecular complexity index is 718. The minimum absolute atomic E-state index is 0.0276. The molecule has 5 nitrogen and oxygen atoms in total. The molecular formula is C18H25N3O2. The molecular weight excluding hydrogens is 290 g/mol. The predicted molar refractivity (Wildman–Crippen MR) is 92.7 cm³/mol. The van der Waals surface area contributed by atoms with Crippen LogP contribution in [0.25, 0.3) is 10.9 Å². The van der Waals surface area contributed by atoms with Gasteiger partial charge >= 0.3 is 0 Å². The Labute approximate surface area is 137 Å². The molecule has 1 amide bonds. The van der Waals surface area contributed by atoms with Crippen molar-refractivity contribution in [2.75, 3.05) is 13.6 Å². The minimum Gasteiger partial charge on any atom is -0.358 e. The number of hydrogen-bond donors (Lipinski definition) is 2. The maximum atomic E-state index is 12.9. The first-order valence-electron chi connectivity index (χ1n) is 7.92. The topological polar surface area (TPSA) is 65.2 Å². The highest BCUT2D eigenvalue weighted by atomic mass is 16.2. The number of para-hydroxylation sites is 1. The number of likely N-dealkylation sites (N-methyl/N-ethyl adjacent to an activating group) is 1. The van der Waals surface area contributed by atoms with Crippen LogP contribution < -0.4 is 5.32 Å². The van der Waals surface area contributed by atoms with Crippen LogP contribution in [0.1, 0.15) is 36.8 Å². The van der Waals surface area contributed by atoms with E-state index in [2.05, 4.69) is 10.3 Å². The van der Waals surface area contributed by atoms with E-state index in [1.807, 2.05) is 52.0 Å². The van der Waals surface area contributed by atoms with Gasteiger partial charge < -0.3 is 10.3 Å². The summed E-state index contributed by atoms with van der Waals surface area (Å²) in [6.07, 6.45) is 0. The number of amides is 1. The van der Waals surface area contributed by atoms with Gasteiger partial charge in [0, 0.05) is 28.2 Å². The Kier molecular flexibility index (Phi) is 5.21. The zero-order valence-electron chi connectivity index (χ0n) is 14.4. The van der Waals surface area contributed by atoms with Crippen LogP contribution in [0.2, 0.25) is 0 Å². The maximum Gasteiger partial charge on any atom is 0.234 e. The summed E-state index contributed by atoms with van der Waals surface area (Å²) in [5, 5.41) is 3.78. The number of rotatable bonds is 6. The molecule has 2 N–H and O–H groups in total. The molecule has 0 bridgehead atoms. The lowest BCUT2D eigenvalue weighted by Crippen LogP contribution is -2.44. The van der Waals surface area contributed by atoms with Crippen molar-refractivity contribution in [1.29, 1.82) is 0 Å². The van der Waals surface area contributed by atoms with Gasteiger partial charge in [-0.25, -0.2) is 0 Å². The molecule has 1 atom stereocenters. The van der Waals surface area contributed by atoms with Crippen LogP contribution in [-0.2, 0) is 4.79 Å². The zero-order chi connectivity index (χ0) is 17.1. The van der Waals surface area contributed by atoms with Crippen molar-refractivity contribution >= 4 is 22.6 Å². The van der Waals surface area contributed by atoms with Crippen molar-refractivity contribution < 1.29 is 9.59 Å². The number of benzene rings is 1. The molecule has 2 aromatic rings. The second kappa shape index (κ2) is 6.96. The van der Waals surface area contributed by atoms with Gasteiger partial charge in [0.15, 0.2) is 5.78 Å². The first kappa shape index (κ1) is 17.2. The fourth-order valence-corrected chi connectivity index (χ4v) is 2.73. The lowest BCUT2D eigenvalue weighted by atomic mass is 10.0. The van der Waals surface area contributed by atoms with Gasteiger partial charge in [-0.15, -0.1) is 0 Å². The van der Waals surface area contributed by atoms with Gasteiger partial charge in [0.2, 0.25) is 5.91 Å². The van der Waals surface area contributed by atoms with E-state index in [1.54, 1.807) is 11.9 Å². The molecule has 5 heteroatoms. The first-order chi connectivity index (χ1) is 10.8. The summed E-state index contributed by atoms with van der Waals surface area (Å²) in [5.74, 6) is -0.0439. The summed E-state index contributed by atoms with van der Waals surface area (Å²) in [7, 11) is 1.80. The second-order valence-electron chi connectivity index (χ2n) is 6.35. The number of aromatic nitrogens is 1. The average Bonchev–Trinajstić information content (AvgIpc) is 2.80. The van der Waals surface area contributed by atoms with E-state index in [-0.39, 0.29) is 30.3 Å². The van der Waals surface area contributed by atoms with E-state index in [4.69, 9.17) is 0 Å². The van der Waals surface area contributed by atoms with E-state index in [1.165, 1.54) is 0 Å². The number of aromatic amines is 1. The summed E-state index contributed by atoms with van der Waals surface area (Å²) >= 11 is 0. The number of hydrogen-bond acceptors (Lipinski definition) is 3. The van der Waals surface area contributed by atoms with Crippen LogP contribution in [0.3, 0.4) is 0 Å². The van der Waals surface area contributed by atoms with Crippen molar-refractivity contribution in [3.63, 3.8) is 0 Å². The van der Waals surface area contributed by atoms with Crippen LogP contribution in [0.4, 0.5) is 0 Å². The van der Waals surface area contributed by atoms with E-state index in [0.717, 1.165) is 16.6 Å². The van der Waals surface area contributed by atoms with Gasteiger partial charge in [0.05, 0.1) is 12.6 Å². The smallest absolute Gasteiger partial charge is 0.234 e.